The summed E-state index contributed by atoms with van der Waals surface area (Å²) >= 11 is 0. The minimum atomic E-state index is -1.25. The van der Waals surface area contributed by atoms with Gasteiger partial charge in [0.15, 0.2) is 12.4 Å². The summed E-state index contributed by atoms with van der Waals surface area (Å²) in [7, 11) is 0. The molecule has 306 valence electrons. The molecular formula is C44H72N2O8. The van der Waals surface area contributed by atoms with Crippen molar-refractivity contribution in [3.8, 4) is 0 Å². The summed E-state index contributed by atoms with van der Waals surface area (Å²) in [6.07, 6.45) is 9.25. The predicted octanol–water partition coefficient (Wildman–Crippen LogP) is 5.41. The van der Waals surface area contributed by atoms with Gasteiger partial charge in [0.05, 0.1) is 55.9 Å². The van der Waals surface area contributed by atoms with Crippen LogP contribution in [0.5, 0.6) is 0 Å². The Morgan fingerprint density at radius 1 is 0.907 bits per heavy atom. The fourth-order valence-corrected chi connectivity index (χ4v) is 15.9. The Kier molecular flexibility index (Phi) is 9.36. The first-order valence-corrected chi connectivity index (χ1v) is 22.0. The third-order valence-corrected chi connectivity index (χ3v) is 18.6. The fourth-order valence-electron chi connectivity index (χ4n) is 15.9. The number of ether oxygens (including phenoxy) is 5. The van der Waals surface area contributed by atoms with E-state index in [9.17, 15) is 15.0 Å². The number of nitrogens with zero attached hydrogens (tertiary/aromatic N) is 2. The molecule has 9 fully saturated rings. The summed E-state index contributed by atoms with van der Waals surface area (Å²) in [5.74, 6) is 1.12. The van der Waals surface area contributed by atoms with Gasteiger partial charge in [0.25, 0.3) is 0 Å². The van der Waals surface area contributed by atoms with E-state index in [-0.39, 0.29) is 52.0 Å². The molecule has 10 nitrogen and oxygen atoms in total. The molecule has 0 aromatic rings. The van der Waals surface area contributed by atoms with E-state index in [1.54, 1.807) is 13.8 Å². The predicted molar refractivity (Wildman–Crippen MR) is 203 cm³/mol. The van der Waals surface area contributed by atoms with Crippen molar-refractivity contribution in [1.82, 2.24) is 9.80 Å². The molecule has 10 heteroatoms. The maximum Gasteiger partial charge on any atom is 0.303 e. The zero-order valence-electron chi connectivity index (χ0n) is 34.7. The average Bonchev–Trinajstić information content (AvgIpc) is 3.72. The van der Waals surface area contributed by atoms with Gasteiger partial charge in [0.1, 0.15) is 0 Å². The number of esters is 1. The van der Waals surface area contributed by atoms with Crippen molar-refractivity contribution in [3.05, 3.63) is 0 Å². The lowest BCUT2D eigenvalue weighted by molar-refractivity contribution is -0.252. The smallest absolute Gasteiger partial charge is 0.303 e. The molecule has 2 spiro atoms. The number of piperidine rings is 1. The van der Waals surface area contributed by atoms with Gasteiger partial charge in [0, 0.05) is 44.6 Å². The number of likely N-dealkylation sites (tertiary alicyclic amines) is 1. The molecular weight excluding hydrogens is 684 g/mol. The van der Waals surface area contributed by atoms with Crippen LogP contribution in [-0.4, -0.2) is 126 Å². The van der Waals surface area contributed by atoms with Crippen LogP contribution in [0.4, 0.5) is 0 Å². The number of morpholine rings is 1. The fraction of sp³-hybridized carbons (Fsp3) is 0.977. The van der Waals surface area contributed by atoms with Crippen LogP contribution in [0.2, 0.25) is 0 Å². The Hall–Kier alpha value is -0.850. The Labute approximate surface area is 324 Å². The second-order valence-electron chi connectivity index (χ2n) is 21.6. The first kappa shape index (κ1) is 38.7. The molecule has 5 saturated carbocycles. The van der Waals surface area contributed by atoms with Crippen LogP contribution in [0, 0.1) is 50.7 Å². The van der Waals surface area contributed by atoms with Crippen molar-refractivity contribution < 1.29 is 38.7 Å². The quantitative estimate of drug-likeness (QED) is 0.328. The van der Waals surface area contributed by atoms with E-state index in [0.29, 0.717) is 35.8 Å². The van der Waals surface area contributed by atoms with Gasteiger partial charge in [-0.2, -0.15) is 0 Å². The molecule has 0 bridgehead atoms. The molecule has 9 aliphatic rings. The largest absolute Gasteiger partial charge is 0.457 e. The molecule has 54 heavy (non-hydrogen) atoms. The zero-order valence-corrected chi connectivity index (χ0v) is 34.7. The summed E-state index contributed by atoms with van der Waals surface area (Å²) in [5, 5.41) is 23.8. The van der Waals surface area contributed by atoms with E-state index in [0.717, 1.165) is 52.2 Å². The molecule has 4 heterocycles. The van der Waals surface area contributed by atoms with Gasteiger partial charge < -0.3 is 33.9 Å². The van der Waals surface area contributed by atoms with Gasteiger partial charge in [-0.3, -0.25) is 14.6 Å². The highest BCUT2D eigenvalue weighted by Gasteiger charge is 2.84. The highest BCUT2D eigenvalue weighted by molar-refractivity contribution is 5.66. The number of rotatable bonds is 7. The standard InChI is InChI=1S/C44H72N2O8/c1-26-21-30(38(40(5,6)49)52-27(2)47)53-36-35(26)41(7)15-16-44-25-43(44)14-11-33(39(3,4)31(43)9-10-32(44)42(41,8)37(36)48)54-34-22-46(19-20-51-34)28-12-17-45(18-13-28)29-23-50-24-29/h26,28-38,48-49H,9-25H2,1-8H3/t26-,30?,31+,32?,33+,34+,35+,36?,37?,38+,41-,42-,43-,44+/m1/s1. The Bertz CT molecular complexity index is 1440. The van der Waals surface area contributed by atoms with E-state index in [4.69, 9.17) is 23.7 Å². The normalized spacial score (nSPS) is 50.1. The summed E-state index contributed by atoms with van der Waals surface area (Å²) in [4.78, 5) is 17.5. The molecule has 0 aromatic carbocycles. The SMILES string of the molecule is CC(=O)O[C@@H](C1C[C@@H](C)[C@H]2C(O1)C(O)[C@@]1(C)C3CC[C@H]4C(C)(C)[C@@H](O[C@H]5CN(C6CCN(C7COC7)CC6)CCO5)CC[C@@]45C[C@@]35CC[C@]21C)C(C)(C)O. The highest BCUT2D eigenvalue weighted by Crippen LogP contribution is 2.89. The molecule has 4 unspecified atom stereocenters. The van der Waals surface area contributed by atoms with E-state index >= 15 is 0 Å². The van der Waals surface area contributed by atoms with Gasteiger partial charge in [0.2, 0.25) is 0 Å². The number of aliphatic hydroxyl groups is 2. The van der Waals surface area contributed by atoms with Crippen LogP contribution >= 0.6 is 0 Å². The Morgan fingerprint density at radius 3 is 2.28 bits per heavy atom. The molecule has 2 N–H and O–H groups in total. The summed E-state index contributed by atoms with van der Waals surface area (Å²) in [6, 6.07) is 1.25. The van der Waals surface area contributed by atoms with Gasteiger partial charge in [-0.05, 0) is 123 Å². The van der Waals surface area contributed by atoms with Crippen LogP contribution in [-0.2, 0) is 28.5 Å². The molecule has 14 atom stereocenters. The lowest BCUT2D eigenvalue weighted by Crippen LogP contribution is -2.60. The molecule has 9 rings (SSSR count). The van der Waals surface area contributed by atoms with Crippen molar-refractivity contribution in [2.75, 3.05) is 46.0 Å². The van der Waals surface area contributed by atoms with Crippen molar-refractivity contribution >= 4 is 5.97 Å². The van der Waals surface area contributed by atoms with Crippen molar-refractivity contribution in [1.29, 1.82) is 0 Å². The van der Waals surface area contributed by atoms with E-state index in [1.165, 1.54) is 58.5 Å². The number of aliphatic hydroxyl groups excluding tert-OH is 1. The number of fused-ring (bicyclic) bond motifs is 4. The molecule has 0 radical (unpaired) electrons. The number of hydrogen-bond acceptors (Lipinski definition) is 10. The molecule has 0 amide bonds. The monoisotopic (exact) mass is 757 g/mol. The number of hydrogen-bond donors (Lipinski definition) is 2. The topological polar surface area (TPSA) is 110 Å². The lowest BCUT2D eigenvalue weighted by atomic mass is 9.41. The maximum absolute atomic E-state index is 12.7. The summed E-state index contributed by atoms with van der Waals surface area (Å²) in [5.41, 5.74) is -0.963. The summed E-state index contributed by atoms with van der Waals surface area (Å²) < 4.78 is 31.5. The number of carbonyl (C=O) groups excluding carboxylic acids is 1. The zero-order chi connectivity index (χ0) is 38.2. The third-order valence-electron chi connectivity index (χ3n) is 18.6. The van der Waals surface area contributed by atoms with Crippen LogP contribution < -0.4 is 0 Å². The van der Waals surface area contributed by atoms with Gasteiger partial charge >= 0.3 is 5.97 Å². The van der Waals surface area contributed by atoms with Crippen LogP contribution in [0.15, 0.2) is 0 Å². The van der Waals surface area contributed by atoms with E-state index < -0.39 is 29.9 Å². The van der Waals surface area contributed by atoms with Gasteiger partial charge in [-0.25, -0.2) is 0 Å². The lowest BCUT2D eigenvalue weighted by Gasteiger charge is -2.64. The Morgan fingerprint density at radius 2 is 1.61 bits per heavy atom. The highest BCUT2D eigenvalue weighted by atomic mass is 16.7. The van der Waals surface area contributed by atoms with Gasteiger partial charge in [-0.1, -0.05) is 34.6 Å². The average molecular weight is 757 g/mol. The molecule has 4 saturated heterocycles. The summed E-state index contributed by atoms with van der Waals surface area (Å²) in [6.45, 7) is 23.8. The maximum atomic E-state index is 12.7. The molecule has 4 aliphatic heterocycles. The second-order valence-corrected chi connectivity index (χ2v) is 21.6. The minimum Gasteiger partial charge on any atom is -0.457 e. The van der Waals surface area contributed by atoms with Crippen LogP contribution in [0.25, 0.3) is 0 Å². The van der Waals surface area contributed by atoms with Crippen LogP contribution in [0.1, 0.15) is 120 Å². The number of carbonyl (C=O) groups is 1. The van der Waals surface area contributed by atoms with E-state index in [2.05, 4.69) is 44.4 Å². The van der Waals surface area contributed by atoms with Crippen molar-refractivity contribution in [2.24, 2.45) is 50.7 Å². The molecule has 5 aliphatic carbocycles. The Balaban J connectivity index is 0.894. The first-order chi connectivity index (χ1) is 25.5. The van der Waals surface area contributed by atoms with Gasteiger partial charge in [-0.15, -0.1) is 0 Å². The second kappa shape index (κ2) is 13.1. The first-order valence-electron chi connectivity index (χ1n) is 22.0. The third kappa shape index (κ3) is 5.48. The van der Waals surface area contributed by atoms with Crippen LogP contribution in [0.3, 0.4) is 0 Å². The van der Waals surface area contributed by atoms with Crippen molar-refractivity contribution in [2.45, 2.75) is 174 Å². The molecule has 0 aromatic heterocycles. The minimum absolute atomic E-state index is 0.0478. The van der Waals surface area contributed by atoms with E-state index in [1.807, 2.05) is 0 Å². The van der Waals surface area contributed by atoms with Crippen molar-refractivity contribution in [3.63, 3.8) is 0 Å².